The van der Waals surface area contributed by atoms with Crippen molar-refractivity contribution in [3.05, 3.63) is 35.9 Å². The molecule has 4 heteroatoms. The quantitative estimate of drug-likeness (QED) is 0.833. The van der Waals surface area contributed by atoms with Crippen molar-refractivity contribution in [2.75, 3.05) is 33.3 Å². The Kier molecular flexibility index (Phi) is 4.73. The highest BCUT2D eigenvalue weighted by atomic mass is 16.5. The maximum atomic E-state index is 12.1. The van der Waals surface area contributed by atoms with Crippen LogP contribution < -0.4 is 5.32 Å². The molecule has 1 atom stereocenters. The number of carbonyl (C=O) groups is 1. The van der Waals surface area contributed by atoms with Crippen molar-refractivity contribution in [3.63, 3.8) is 0 Å². The summed E-state index contributed by atoms with van der Waals surface area (Å²) in [6, 6.07) is 10.2. The largest absolute Gasteiger partial charge is 0.365 e. The van der Waals surface area contributed by atoms with E-state index in [-0.39, 0.29) is 12.0 Å². The lowest BCUT2D eigenvalue weighted by molar-refractivity contribution is -0.152. The fourth-order valence-electron chi connectivity index (χ4n) is 2.15. The molecule has 98 valence electrons. The summed E-state index contributed by atoms with van der Waals surface area (Å²) in [5.74, 6) is 0.103. The predicted molar refractivity (Wildman–Crippen MR) is 70.4 cm³/mol. The Hall–Kier alpha value is -1.39. The van der Waals surface area contributed by atoms with Crippen molar-refractivity contribution in [1.82, 2.24) is 10.2 Å². The van der Waals surface area contributed by atoms with Gasteiger partial charge in [0.15, 0.2) is 0 Å². The van der Waals surface area contributed by atoms with Gasteiger partial charge in [-0.15, -0.1) is 0 Å². The minimum atomic E-state index is -0.320. The van der Waals surface area contributed by atoms with Crippen LogP contribution in [0.3, 0.4) is 0 Å². The maximum Gasteiger partial charge on any atom is 0.253 e. The summed E-state index contributed by atoms with van der Waals surface area (Å²) in [6.45, 7) is 2.69. The van der Waals surface area contributed by atoms with E-state index in [1.807, 2.05) is 30.1 Å². The fraction of sp³-hybridized carbons (Fsp3) is 0.500. The van der Waals surface area contributed by atoms with E-state index in [2.05, 4.69) is 17.4 Å². The number of benzene rings is 1. The molecule has 2 rings (SSSR count). The molecular formula is C14H20N2O2. The van der Waals surface area contributed by atoms with Crippen LogP contribution in [0.1, 0.15) is 5.56 Å². The molecular weight excluding hydrogens is 228 g/mol. The minimum absolute atomic E-state index is 0.103. The van der Waals surface area contributed by atoms with Crippen LogP contribution in [0.25, 0.3) is 0 Å². The van der Waals surface area contributed by atoms with Gasteiger partial charge in [-0.1, -0.05) is 30.3 Å². The molecule has 1 fully saturated rings. The molecule has 4 nitrogen and oxygen atoms in total. The molecule has 1 aliphatic rings. The number of nitrogens with one attached hydrogen (secondary N) is 1. The highest BCUT2D eigenvalue weighted by molar-refractivity contribution is 5.81. The lowest BCUT2D eigenvalue weighted by Crippen LogP contribution is -2.51. The molecule has 1 N–H and O–H groups in total. The van der Waals surface area contributed by atoms with E-state index < -0.39 is 0 Å². The zero-order valence-corrected chi connectivity index (χ0v) is 10.8. The van der Waals surface area contributed by atoms with Crippen molar-refractivity contribution in [3.8, 4) is 0 Å². The number of nitrogens with zero attached hydrogens (tertiary/aromatic N) is 1. The number of rotatable bonds is 5. The number of morpholine rings is 1. The van der Waals surface area contributed by atoms with Gasteiger partial charge < -0.3 is 15.0 Å². The lowest BCUT2D eigenvalue weighted by atomic mass is 10.1. The van der Waals surface area contributed by atoms with Gasteiger partial charge in [-0.25, -0.2) is 0 Å². The SMILES string of the molecule is CNCC1OCCN(CCc2ccccc2)C1=O. The van der Waals surface area contributed by atoms with Crippen LogP contribution in [0.15, 0.2) is 30.3 Å². The molecule has 1 aromatic carbocycles. The first kappa shape index (κ1) is 13.1. The fourth-order valence-corrected chi connectivity index (χ4v) is 2.15. The monoisotopic (exact) mass is 248 g/mol. The molecule has 1 aromatic rings. The second-order valence-corrected chi connectivity index (χ2v) is 4.48. The third-order valence-corrected chi connectivity index (χ3v) is 3.17. The van der Waals surface area contributed by atoms with Crippen LogP contribution in [0.5, 0.6) is 0 Å². The molecule has 0 saturated carbocycles. The van der Waals surface area contributed by atoms with Crippen LogP contribution in [0, 0.1) is 0 Å². The molecule has 0 spiro atoms. The summed E-state index contributed by atoms with van der Waals surface area (Å²) in [5, 5.41) is 2.99. The van der Waals surface area contributed by atoms with E-state index >= 15 is 0 Å². The first-order valence-corrected chi connectivity index (χ1v) is 6.40. The van der Waals surface area contributed by atoms with E-state index in [0.29, 0.717) is 19.7 Å². The maximum absolute atomic E-state index is 12.1. The van der Waals surface area contributed by atoms with E-state index in [1.54, 1.807) is 0 Å². The van der Waals surface area contributed by atoms with E-state index in [9.17, 15) is 4.79 Å². The van der Waals surface area contributed by atoms with Crippen LogP contribution in [-0.4, -0.2) is 50.2 Å². The first-order chi connectivity index (χ1) is 8.81. The Morgan fingerprint density at radius 2 is 2.17 bits per heavy atom. The number of likely N-dealkylation sites (N-methyl/N-ethyl adjacent to an activating group) is 1. The second kappa shape index (κ2) is 6.52. The number of hydrogen-bond donors (Lipinski definition) is 1. The summed E-state index contributed by atoms with van der Waals surface area (Å²) in [4.78, 5) is 14.0. The Bertz CT molecular complexity index is 379. The first-order valence-electron chi connectivity index (χ1n) is 6.40. The highest BCUT2D eigenvalue weighted by Gasteiger charge is 2.28. The van der Waals surface area contributed by atoms with Gasteiger partial charge in [0.25, 0.3) is 5.91 Å². The summed E-state index contributed by atoms with van der Waals surface area (Å²) >= 11 is 0. The second-order valence-electron chi connectivity index (χ2n) is 4.48. The molecule has 1 unspecified atom stereocenters. The zero-order valence-electron chi connectivity index (χ0n) is 10.8. The van der Waals surface area contributed by atoms with Gasteiger partial charge in [-0.2, -0.15) is 0 Å². The number of ether oxygens (including phenoxy) is 1. The average molecular weight is 248 g/mol. The highest BCUT2D eigenvalue weighted by Crippen LogP contribution is 2.08. The normalized spacial score (nSPS) is 20.2. The van der Waals surface area contributed by atoms with Gasteiger partial charge in [0.2, 0.25) is 0 Å². The van der Waals surface area contributed by atoms with Gasteiger partial charge >= 0.3 is 0 Å². The number of hydrogen-bond acceptors (Lipinski definition) is 3. The van der Waals surface area contributed by atoms with Crippen molar-refractivity contribution in [1.29, 1.82) is 0 Å². The topological polar surface area (TPSA) is 41.6 Å². The molecule has 0 aliphatic carbocycles. The number of carbonyl (C=O) groups excluding carboxylic acids is 1. The van der Waals surface area contributed by atoms with Crippen molar-refractivity contribution < 1.29 is 9.53 Å². The average Bonchev–Trinajstić information content (AvgIpc) is 2.41. The van der Waals surface area contributed by atoms with E-state index in [1.165, 1.54) is 5.56 Å². The van der Waals surface area contributed by atoms with Crippen LogP contribution in [0.2, 0.25) is 0 Å². The summed E-state index contributed by atoms with van der Waals surface area (Å²) in [7, 11) is 1.83. The molecule has 1 aliphatic heterocycles. The minimum Gasteiger partial charge on any atom is -0.365 e. The van der Waals surface area contributed by atoms with Gasteiger partial charge in [-0.05, 0) is 19.0 Å². The van der Waals surface area contributed by atoms with Gasteiger partial charge in [0.1, 0.15) is 6.10 Å². The smallest absolute Gasteiger partial charge is 0.253 e. The van der Waals surface area contributed by atoms with Gasteiger partial charge in [0, 0.05) is 19.6 Å². The summed E-state index contributed by atoms with van der Waals surface area (Å²) in [6.07, 6.45) is 0.582. The standard InChI is InChI=1S/C14H20N2O2/c1-15-11-13-14(17)16(9-10-18-13)8-7-12-5-3-2-4-6-12/h2-6,13,15H,7-11H2,1H3. The predicted octanol–water partition coefficient (Wildman–Crippen LogP) is 0.676. The summed E-state index contributed by atoms with van der Waals surface area (Å²) in [5.41, 5.74) is 1.27. The Labute approximate surface area is 108 Å². The van der Waals surface area contributed by atoms with Crippen LogP contribution >= 0.6 is 0 Å². The van der Waals surface area contributed by atoms with E-state index in [4.69, 9.17) is 4.74 Å². The van der Waals surface area contributed by atoms with Crippen LogP contribution in [0.4, 0.5) is 0 Å². The Morgan fingerprint density at radius 1 is 1.39 bits per heavy atom. The Balaban J connectivity index is 1.87. The van der Waals surface area contributed by atoms with Gasteiger partial charge in [0.05, 0.1) is 6.61 Å². The Morgan fingerprint density at radius 3 is 2.89 bits per heavy atom. The van der Waals surface area contributed by atoms with Crippen molar-refractivity contribution in [2.24, 2.45) is 0 Å². The molecule has 0 bridgehead atoms. The van der Waals surface area contributed by atoms with Crippen molar-refractivity contribution >= 4 is 5.91 Å². The van der Waals surface area contributed by atoms with E-state index in [0.717, 1.165) is 13.0 Å². The molecule has 1 saturated heterocycles. The molecule has 18 heavy (non-hydrogen) atoms. The molecule has 1 heterocycles. The third kappa shape index (κ3) is 3.31. The molecule has 0 aromatic heterocycles. The molecule has 1 amide bonds. The molecule has 0 radical (unpaired) electrons. The van der Waals surface area contributed by atoms with Crippen molar-refractivity contribution in [2.45, 2.75) is 12.5 Å². The lowest BCUT2D eigenvalue weighted by Gasteiger charge is -2.32. The third-order valence-electron chi connectivity index (χ3n) is 3.17. The zero-order chi connectivity index (χ0) is 12.8. The number of amides is 1. The summed E-state index contributed by atoms with van der Waals surface area (Å²) < 4.78 is 5.46. The van der Waals surface area contributed by atoms with Gasteiger partial charge in [-0.3, -0.25) is 4.79 Å². The van der Waals surface area contributed by atoms with Crippen LogP contribution in [-0.2, 0) is 16.0 Å².